The molecule has 1 unspecified atom stereocenters. The van der Waals surface area contributed by atoms with Gasteiger partial charge in [-0.25, -0.2) is 0 Å². The van der Waals surface area contributed by atoms with Crippen LogP contribution in [0.15, 0.2) is 24.3 Å². The summed E-state index contributed by atoms with van der Waals surface area (Å²) in [5, 5.41) is 0. The van der Waals surface area contributed by atoms with Crippen molar-refractivity contribution in [2.45, 2.75) is 19.4 Å². The standard InChI is InChI=1S/C10H13O3S/c1-3-10(13-14(2,11)12)9-7-5-4-6-8-9/h5-8,10H,3H2,1-2H3. The molecule has 0 amide bonds. The molecule has 0 aromatic heterocycles. The summed E-state index contributed by atoms with van der Waals surface area (Å²) in [6, 6.07) is 9.96. The Morgan fingerprint density at radius 2 is 2.00 bits per heavy atom. The van der Waals surface area contributed by atoms with Crippen molar-refractivity contribution in [3.63, 3.8) is 0 Å². The van der Waals surface area contributed by atoms with Crippen LogP contribution in [0.1, 0.15) is 25.0 Å². The summed E-state index contributed by atoms with van der Waals surface area (Å²) < 4.78 is 26.8. The van der Waals surface area contributed by atoms with Crippen molar-refractivity contribution in [1.82, 2.24) is 0 Å². The molecule has 1 aromatic rings. The normalized spacial score (nSPS) is 13.9. The quantitative estimate of drug-likeness (QED) is 0.718. The molecule has 14 heavy (non-hydrogen) atoms. The molecular weight excluding hydrogens is 200 g/mol. The van der Waals surface area contributed by atoms with E-state index >= 15 is 0 Å². The van der Waals surface area contributed by atoms with Crippen molar-refractivity contribution in [2.75, 3.05) is 6.26 Å². The zero-order chi connectivity index (χ0) is 10.6. The summed E-state index contributed by atoms with van der Waals surface area (Å²) in [5.41, 5.74) is 0.858. The zero-order valence-corrected chi connectivity index (χ0v) is 9.04. The van der Waals surface area contributed by atoms with E-state index in [1.54, 1.807) is 24.3 Å². The summed E-state index contributed by atoms with van der Waals surface area (Å²) in [4.78, 5) is 0. The van der Waals surface area contributed by atoms with E-state index in [1.807, 2.05) is 6.92 Å². The van der Waals surface area contributed by atoms with Crippen LogP contribution in [0.3, 0.4) is 0 Å². The lowest BCUT2D eigenvalue weighted by Crippen LogP contribution is -2.09. The molecule has 1 radical (unpaired) electrons. The molecule has 0 aliphatic heterocycles. The van der Waals surface area contributed by atoms with Crippen LogP contribution in [0.5, 0.6) is 0 Å². The first-order chi connectivity index (χ1) is 6.53. The zero-order valence-electron chi connectivity index (χ0n) is 8.23. The lowest BCUT2D eigenvalue weighted by atomic mass is 10.1. The number of hydrogen-bond donors (Lipinski definition) is 0. The average Bonchev–Trinajstić information content (AvgIpc) is 2.14. The van der Waals surface area contributed by atoms with Crippen LogP contribution in [0.25, 0.3) is 0 Å². The lowest BCUT2D eigenvalue weighted by Gasteiger charge is -2.13. The fourth-order valence-electron chi connectivity index (χ4n) is 1.18. The van der Waals surface area contributed by atoms with Gasteiger partial charge in [-0.15, -0.1) is 0 Å². The van der Waals surface area contributed by atoms with Gasteiger partial charge in [0.2, 0.25) is 0 Å². The van der Waals surface area contributed by atoms with Gasteiger partial charge in [-0.2, -0.15) is 8.42 Å². The number of hydrogen-bond acceptors (Lipinski definition) is 3. The van der Waals surface area contributed by atoms with Gasteiger partial charge in [-0.05, 0) is 18.1 Å². The third kappa shape index (κ3) is 3.47. The Bertz CT molecular complexity index is 370. The fourth-order valence-corrected chi connectivity index (χ4v) is 1.85. The first-order valence-corrected chi connectivity index (χ1v) is 6.19. The van der Waals surface area contributed by atoms with Gasteiger partial charge in [-0.3, -0.25) is 4.18 Å². The Balaban J connectivity index is 2.84. The Morgan fingerprint density at radius 1 is 1.43 bits per heavy atom. The van der Waals surface area contributed by atoms with Crippen LogP contribution >= 0.6 is 0 Å². The van der Waals surface area contributed by atoms with E-state index in [2.05, 4.69) is 6.07 Å². The van der Waals surface area contributed by atoms with Crippen molar-refractivity contribution in [3.05, 3.63) is 35.9 Å². The van der Waals surface area contributed by atoms with Gasteiger partial charge in [0.05, 0.1) is 6.26 Å². The van der Waals surface area contributed by atoms with Crippen molar-refractivity contribution in [1.29, 1.82) is 0 Å². The van der Waals surface area contributed by atoms with Crippen LogP contribution in [-0.2, 0) is 14.3 Å². The highest BCUT2D eigenvalue weighted by Gasteiger charge is 2.14. The Hall–Kier alpha value is -0.870. The Morgan fingerprint density at radius 3 is 2.43 bits per heavy atom. The largest absolute Gasteiger partial charge is 0.264 e. The molecule has 0 fully saturated rings. The van der Waals surface area contributed by atoms with Crippen molar-refractivity contribution in [3.8, 4) is 0 Å². The minimum Gasteiger partial charge on any atom is -0.262 e. The molecule has 0 N–H and O–H groups in total. The van der Waals surface area contributed by atoms with Gasteiger partial charge in [0.15, 0.2) is 0 Å². The minimum atomic E-state index is -3.39. The molecule has 1 aromatic carbocycles. The summed E-state index contributed by atoms with van der Waals surface area (Å²) in [6.07, 6.45) is 1.29. The van der Waals surface area contributed by atoms with Crippen LogP contribution in [0.2, 0.25) is 0 Å². The molecular formula is C10H13O3S. The summed E-state index contributed by atoms with van der Waals surface area (Å²) in [5.74, 6) is 0. The third-order valence-electron chi connectivity index (χ3n) is 1.78. The van der Waals surface area contributed by atoms with Gasteiger partial charge >= 0.3 is 0 Å². The highest BCUT2D eigenvalue weighted by atomic mass is 32.2. The van der Waals surface area contributed by atoms with E-state index < -0.39 is 10.1 Å². The predicted molar refractivity (Wildman–Crippen MR) is 54.2 cm³/mol. The third-order valence-corrected chi connectivity index (χ3v) is 2.36. The van der Waals surface area contributed by atoms with E-state index in [9.17, 15) is 8.42 Å². The maximum absolute atomic E-state index is 10.9. The molecule has 1 rings (SSSR count). The summed E-state index contributed by atoms with van der Waals surface area (Å²) in [6.45, 7) is 1.88. The maximum Gasteiger partial charge on any atom is 0.264 e. The molecule has 4 heteroatoms. The highest BCUT2D eigenvalue weighted by Crippen LogP contribution is 2.21. The second kappa shape index (κ2) is 4.57. The topological polar surface area (TPSA) is 43.4 Å². The molecule has 0 aliphatic rings. The smallest absolute Gasteiger partial charge is 0.262 e. The van der Waals surface area contributed by atoms with Gasteiger partial charge in [0.1, 0.15) is 6.10 Å². The number of rotatable bonds is 4. The molecule has 0 aliphatic carbocycles. The number of benzene rings is 1. The van der Waals surface area contributed by atoms with E-state index in [0.717, 1.165) is 11.8 Å². The van der Waals surface area contributed by atoms with Crippen molar-refractivity contribution in [2.24, 2.45) is 0 Å². The molecule has 0 heterocycles. The molecule has 0 spiro atoms. The molecule has 77 valence electrons. The van der Waals surface area contributed by atoms with Gasteiger partial charge in [0.25, 0.3) is 10.1 Å². The van der Waals surface area contributed by atoms with Crippen molar-refractivity contribution >= 4 is 10.1 Å². The van der Waals surface area contributed by atoms with Crippen LogP contribution in [0.4, 0.5) is 0 Å². The Kier molecular flexibility index (Phi) is 3.66. The van der Waals surface area contributed by atoms with E-state index in [1.165, 1.54) is 0 Å². The Labute approximate surface area is 84.8 Å². The lowest BCUT2D eigenvalue weighted by molar-refractivity contribution is 0.211. The molecule has 3 nitrogen and oxygen atoms in total. The first-order valence-electron chi connectivity index (χ1n) is 4.37. The van der Waals surface area contributed by atoms with E-state index in [0.29, 0.717) is 6.42 Å². The van der Waals surface area contributed by atoms with Gasteiger partial charge in [-0.1, -0.05) is 31.2 Å². The highest BCUT2D eigenvalue weighted by molar-refractivity contribution is 7.86. The van der Waals surface area contributed by atoms with E-state index in [4.69, 9.17) is 4.18 Å². The summed E-state index contributed by atoms with van der Waals surface area (Å²) >= 11 is 0. The molecule has 0 saturated heterocycles. The van der Waals surface area contributed by atoms with Crippen molar-refractivity contribution < 1.29 is 12.6 Å². The molecule has 0 saturated carbocycles. The van der Waals surface area contributed by atoms with E-state index in [-0.39, 0.29) is 6.10 Å². The maximum atomic E-state index is 10.9. The summed E-state index contributed by atoms with van der Waals surface area (Å²) in [7, 11) is -3.39. The monoisotopic (exact) mass is 213 g/mol. The molecule has 1 atom stereocenters. The van der Waals surface area contributed by atoms with Gasteiger partial charge in [0, 0.05) is 0 Å². The average molecular weight is 213 g/mol. The van der Waals surface area contributed by atoms with Crippen LogP contribution in [-0.4, -0.2) is 14.7 Å². The SMILES string of the molecule is CCC(OS(C)(=O)=O)c1cc[c]cc1. The fraction of sp³-hybridized carbons (Fsp3) is 0.400. The van der Waals surface area contributed by atoms with Crippen LogP contribution < -0.4 is 0 Å². The minimum absolute atomic E-state index is 0.389. The second-order valence-corrected chi connectivity index (χ2v) is 4.63. The predicted octanol–water partition coefficient (Wildman–Crippen LogP) is 1.91. The van der Waals surface area contributed by atoms with Gasteiger partial charge < -0.3 is 0 Å². The van der Waals surface area contributed by atoms with Crippen LogP contribution in [0, 0.1) is 6.07 Å². The second-order valence-electron chi connectivity index (χ2n) is 3.03. The first kappa shape index (κ1) is 11.2. The molecule has 0 bridgehead atoms.